The summed E-state index contributed by atoms with van der Waals surface area (Å²) < 4.78 is 0. The van der Waals surface area contributed by atoms with Crippen LogP contribution in [0.5, 0.6) is 0 Å². The summed E-state index contributed by atoms with van der Waals surface area (Å²) in [6.45, 7) is 0. The molecule has 0 unspecified atom stereocenters. The zero-order chi connectivity index (χ0) is 11.4. The van der Waals surface area contributed by atoms with Crippen molar-refractivity contribution in [1.82, 2.24) is 0 Å². The van der Waals surface area contributed by atoms with E-state index in [1.807, 2.05) is 0 Å². The van der Waals surface area contributed by atoms with Crippen molar-refractivity contribution in [2.24, 2.45) is 0 Å². The summed E-state index contributed by atoms with van der Waals surface area (Å²) in [7, 11) is 0. The summed E-state index contributed by atoms with van der Waals surface area (Å²) in [6, 6.07) is 2.74. The molecule has 0 atom stereocenters. The molecule has 1 aromatic carbocycles. The molecule has 0 heterocycles. The molecule has 0 aromatic heterocycles. The van der Waals surface area contributed by atoms with Gasteiger partial charge in [-0.3, -0.25) is 10.1 Å². The Bertz CT molecular complexity index is 386. The van der Waals surface area contributed by atoms with Crippen molar-refractivity contribution >= 4 is 52.3 Å². The Morgan fingerprint density at radius 1 is 1.33 bits per heavy atom. The molecule has 0 aliphatic carbocycles. The quantitative estimate of drug-likeness (QED) is 0.360. The summed E-state index contributed by atoms with van der Waals surface area (Å²) in [5, 5.41) is 11.2. The Morgan fingerprint density at radius 3 is 2.47 bits per heavy atom. The molecule has 1 aromatic rings. The van der Waals surface area contributed by atoms with E-state index >= 15 is 0 Å². The van der Waals surface area contributed by atoms with Gasteiger partial charge in [0.1, 0.15) is 0 Å². The molecule has 0 aliphatic heterocycles. The van der Waals surface area contributed by atoms with E-state index in [1.54, 1.807) is 0 Å². The number of benzene rings is 1. The number of hydrogen-bond acceptors (Lipinski definition) is 3. The first-order valence-corrected chi connectivity index (χ1v) is 6.16. The summed E-state index contributed by atoms with van der Waals surface area (Å²) in [5.74, 6) is 1.00. The first-order chi connectivity index (χ1) is 7.06. The maximum atomic E-state index is 10.7. The standard InChI is InChI=1S/C8H6Cl3NO2S/c9-1-2-15-8-4-6(11)5(10)3-7(8)12(13)14/h3-4H,1-2H2. The fourth-order valence-electron chi connectivity index (χ4n) is 0.925. The molecule has 7 heteroatoms. The van der Waals surface area contributed by atoms with Crippen LogP contribution in [0, 0.1) is 10.1 Å². The SMILES string of the molecule is O=[N+]([O-])c1cc(Cl)c(Cl)cc1SCCCl. The Morgan fingerprint density at radius 2 is 1.93 bits per heavy atom. The van der Waals surface area contributed by atoms with Crippen molar-refractivity contribution in [3.05, 3.63) is 32.3 Å². The summed E-state index contributed by atoms with van der Waals surface area (Å²) >= 11 is 18.2. The lowest BCUT2D eigenvalue weighted by molar-refractivity contribution is -0.387. The topological polar surface area (TPSA) is 43.1 Å². The summed E-state index contributed by atoms with van der Waals surface area (Å²) in [4.78, 5) is 10.7. The van der Waals surface area contributed by atoms with Gasteiger partial charge in [0.05, 0.1) is 19.9 Å². The normalized spacial score (nSPS) is 10.3. The third-order valence-corrected chi connectivity index (χ3v) is 3.71. The van der Waals surface area contributed by atoms with Crippen LogP contribution >= 0.6 is 46.6 Å². The van der Waals surface area contributed by atoms with Crippen LogP contribution in [0.3, 0.4) is 0 Å². The highest BCUT2D eigenvalue weighted by Crippen LogP contribution is 2.36. The number of nitro groups is 1. The fourth-order valence-corrected chi connectivity index (χ4v) is 2.32. The molecule has 15 heavy (non-hydrogen) atoms. The van der Waals surface area contributed by atoms with Crippen LogP contribution in [0.1, 0.15) is 0 Å². The molecule has 0 bridgehead atoms. The van der Waals surface area contributed by atoms with Gasteiger partial charge in [0, 0.05) is 17.7 Å². The van der Waals surface area contributed by atoms with Gasteiger partial charge in [-0.15, -0.1) is 23.4 Å². The summed E-state index contributed by atoms with van der Waals surface area (Å²) in [6.07, 6.45) is 0. The first-order valence-electron chi connectivity index (χ1n) is 3.88. The lowest BCUT2D eigenvalue weighted by Crippen LogP contribution is -1.92. The van der Waals surface area contributed by atoms with Crippen molar-refractivity contribution in [3.8, 4) is 0 Å². The van der Waals surface area contributed by atoms with Gasteiger partial charge in [0.15, 0.2) is 0 Å². The summed E-state index contributed by atoms with van der Waals surface area (Å²) in [5.41, 5.74) is -0.0421. The minimum Gasteiger partial charge on any atom is -0.258 e. The second kappa shape index (κ2) is 5.80. The van der Waals surface area contributed by atoms with Crippen molar-refractivity contribution in [2.45, 2.75) is 4.90 Å². The monoisotopic (exact) mass is 285 g/mol. The number of hydrogen-bond donors (Lipinski definition) is 0. The number of halogens is 3. The molecule has 0 aliphatic rings. The highest BCUT2D eigenvalue weighted by molar-refractivity contribution is 7.99. The van der Waals surface area contributed by atoms with E-state index in [4.69, 9.17) is 34.8 Å². The molecule has 0 radical (unpaired) electrons. The van der Waals surface area contributed by atoms with Gasteiger partial charge in [0.2, 0.25) is 0 Å². The Kier molecular flexibility index (Phi) is 4.99. The van der Waals surface area contributed by atoms with Crippen molar-refractivity contribution < 1.29 is 4.92 Å². The maximum Gasteiger partial charge on any atom is 0.284 e. The van der Waals surface area contributed by atoms with Crippen molar-refractivity contribution in [3.63, 3.8) is 0 Å². The maximum absolute atomic E-state index is 10.7. The van der Waals surface area contributed by atoms with E-state index < -0.39 is 4.92 Å². The molecule has 0 saturated heterocycles. The Hall–Kier alpha value is -0.160. The van der Waals surface area contributed by atoms with Gasteiger partial charge in [-0.2, -0.15) is 0 Å². The zero-order valence-electron chi connectivity index (χ0n) is 7.37. The molecule has 0 saturated carbocycles. The van der Waals surface area contributed by atoms with E-state index in [0.717, 1.165) is 0 Å². The molecule has 0 N–H and O–H groups in total. The predicted molar refractivity (Wildman–Crippen MR) is 64.6 cm³/mol. The number of thioether (sulfide) groups is 1. The van der Waals surface area contributed by atoms with E-state index in [9.17, 15) is 10.1 Å². The number of nitrogens with zero attached hydrogens (tertiary/aromatic N) is 1. The number of alkyl halides is 1. The molecule has 0 amide bonds. The van der Waals surface area contributed by atoms with Crippen LogP contribution in [0.2, 0.25) is 10.0 Å². The molecule has 0 spiro atoms. The average molecular weight is 287 g/mol. The Labute approximate surface area is 106 Å². The largest absolute Gasteiger partial charge is 0.284 e. The fraction of sp³-hybridized carbons (Fsp3) is 0.250. The van der Waals surface area contributed by atoms with Crippen molar-refractivity contribution in [2.75, 3.05) is 11.6 Å². The van der Waals surface area contributed by atoms with Crippen LogP contribution in [0.25, 0.3) is 0 Å². The molecule has 0 fully saturated rings. The second-order valence-electron chi connectivity index (χ2n) is 2.53. The highest BCUT2D eigenvalue weighted by atomic mass is 35.5. The van der Waals surface area contributed by atoms with E-state index in [-0.39, 0.29) is 10.7 Å². The lowest BCUT2D eigenvalue weighted by Gasteiger charge is -2.03. The molecule has 1 rings (SSSR count). The smallest absolute Gasteiger partial charge is 0.258 e. The molecular weight excluding hydrogens is 281 g/mol. The molecular formula is C8H6Cl3NO2S. The average Bonchev–Trinajstić information content (AvgIpc) is 2.19. The van der Waals surface area contributed by atoms with Gasteiger partial charge in [-0.1, -0.05) is 23.2 Å². The van der Waals surface area contributed by atoms with Crippen LogP contribution < -0.4 is 0 Å². The van der Waals surface area contributed by atoms with Gasteiger partial charge in [-0.25, -0.2) is 0 Å². The molecule has 3 nitrogen and oxygen atoms in total. The second-order valence-corrected chi connectivity index (χ2v) is 4.86. The van der Waals surface area contributed by atoms with Gasteiger partial charge >= 0.3 is 0 Å². The van der Waals surface area contributed by atoms with Gasteiger partial charge < -0.3 is 0 Å². The van der Waals surface area contributed by atoms with E-state index in [1.165, 1.54) is 23.9 Å². The van der Waals surface area contributed by atoms with E-state index in [0.29, 0.717) is 21.6 Å². The zero-order valence-corrected chi connectivity index (χ0v) is 10.5. The van der Waals surface area contributed by atoms with Crippen LogP contribution in [-0.4, -0.2) is 16.6 Å². The molecule has 82 valence electrons. The predicted octanol–water partition coefficient (Wildman–Crippen LogP) is 4.23. The van der Waals surface area contributed by atoms with Crippen LogP contribution in [-0.2, 0) is 0 Å². The Balaban J connectivity index is 3.10. The first kappa shape index (κ1) is 12.9. The third kappa shape index (κ3) is 3.41. The van der Waals surface area contributed by atoms with E-state index in [2.05, 4.69) is 0 Å². The van der Waals surface area contributed by atoms with Gasteiger partial charge in [-0.05, 0) is 6.07 Å². The minimum absolute atomic E-state index is 0.0421. The van der Waals surface area contributed by atoms with Crippen molar-refractivity contribution in [1.29, 1.82) is 0 Å². The highest BCUT2D eigenvalue weighted by Gasteiger charge is 2.16. The van der Waals surface area contributed by atoms with Crippen LogP contribution in [0.4, 0.5) is 5.69 Å². The number of rotatable bonds is 4. The number of nitro benzene ring substituents is 1. The third-order valence-electron chi connectivity index (χ3n) is 1.53. The minimum atomic E-state index is -0.487. The lowest BCUT2D eigenvalue weighted by atomic mass is 10.3. The van der Waals surface area contributed by atoms with Gasteiger partial charge in [0.25, 0.3) is 5.69 Å². The van der Waals surface area contributed by atoms with Crippen LogP contribution in [0.15, 0.2) is 17.0 Å².